The molecule has 0 aromatic heterocycles. The van der Waals surface area contributed by atoms with Gasteiger partial charge >= 0.3 is 5.97 Å². The zero-order valence-electron chi connectivity index (χ0n) is 10.4. The van der Waals surface area contributed by atoms with Crippen molar-refractivity contribution in [1.82, 2.24) is 0 Å². The zero-order valence-corrected chi connectivity index (χ0v) is 11.2. The van der Waals surface area contributed by atoms with Gasteiger partial charge in [0.25, 0.3) is 0 Å². The molecule has 0 amide bonds. The van der Waals surface area contributed by atoms with Crippen molar-refractivity contribution in [3.8, 4) is 0 Å². The molecule has 1 aliphatic rings. The SMILES string of the molecule is CCOCCS(=O)(=O)CC1(CC(=O)OC)CC1. The number of hydrogen-bond donors (Lipinski definition) is 0. The van der Waals surface area contributed by atoms with E-state index in [0.29, 0.717) is 6.61 Å². The Balaban J connectivity index is 2.44. The number of ether oxygens (including phenoxy) is 2. The maximum atomic E-state index is 11.8. The first-order valence-electron chi connectivity index (χ1n) is 5.78. The lowest BCUT2D eigenvalue weighted by atomic mass is 10.1. The van der Waals surface area contributed by atoms with Crippen LogP contribution in [0, 0.1) is 5.41 Å². The van der Waals surface area contributed by atoms with E-state index in [-0.39, 0.29) is 35.9 Å². The summed E-state index contributed by atoms with van der Waals surface area (Å²) in [4.78, 5) is 11.2. The van der Waals surface area contributed by atoms with Crippen LogP contribution in [-0.4, -0.2) is 46.2 Å². The molecule has 1 rings (SSSR count). The van der Waals surface area contributed by atoms with Crippen LogP contribution in [0.1, 0.15) is 26.2 Å². The molecule has 0 heterocycles. The first kappa shape index (κ1) is 14.4. The minimum atomic E-state index is -3.14. The molecule has 1 fully saturated rings. The Labute approximate surface area is 102 Å². The average molecular weight is 264 g/mol. The van der Waals surface area contributed by atoms with Crippen LogP contribution in [0.15, 0.2) is 0 Å². The maximum absolute atomic E-state index is 11.8. The largest absolute Gasteiger partial charge is 0.469 e. The number of rotatable bonds is 8. The number of methoxy groups -OCH3 is 1. The Hall–Kier alpha value is -0.620. The molecule has 0 aromatic carbocycles. The Morgan fingerprint density at radius 1 is 1.35 bits per heavy atom. The van der Waals surface area contributed by atoms with E-state index in [9.17, 15) is 13.2 Å². The molecule has 1 saturated carbocycles. The summed E-state index contributed by atoms with van der Waals surface area (Å²) in [7, 11) is -1.81. The van der Waals surface area contributed by atoms with Crippen LogP contribution in [-0.2, 0) is 24.1 Å². The fraction of sp³-hybridized carbons (Fsp3) is 0.909. The molecule has 0 saturated heterocycles. The van der Waals surface area contributed by atoms with Crippen LogP contribution in [0.5, 0.6) is 0 Å². The normalized spacial score (nSPS) is 17.8. The Bertz CT molecular complexity index is 356. The van der Waals surface area contributed by atoms with Crippen molar-refractivity contribution >= 4 is 15.8 Å². The third-order valence-electron chi connectivity index (χ3n) is 2.97. The predicted octanol–water partition coefficient (Wildman–Crippen LogP) is 0.781. The summed E-state index contributed by atoms with van der Waals surface area (Å²) in [6.07, 6.45) is 1.78. The fourth-order valence-corrected chi connectivity index (χ4v) is 3.64. The second-order valence-electron chi connectivity index (χ2n) is 4.54. The molecule has 0 unspecified atom stereocenters. The molecule has 1 aliphatic carbocycles. The smallest absolute Gasteiger partial charge is 0.306 e. The van der Waals surface area contributed by atoms with Crippen LogP contribution < -0.4 is 0 Å². The van der Waals surface area contributed by atoms with E-state index in [1.165, 1.54) is 7.11 Å². The second kappa shape index (κ2) is 5.82. The van der Waals surface area contributed by atoms with Gasteiger partial charge in [-0.3, -0.25) is 4.79 Å². The number of sulfone groups is 1. The van der Waals surface area contributed by atoms with Crippen molar-refractivity contribution in [3.05, 3.63) is 0 Å². The van der Waals surface area contributed by atoms with Gasteiger partial charge in [0.2, 0.25) is 0 Å². The van der Waals surface area contributed by atoms with Crippen molar-refractivity contribution < 1.29 is 22.7 Å². The molecule has 6 heteroatoms. The molecule has 0 aliphatic heterocycles. The first-order valence-corrected chi connectivity index (χ1v) is 7.60. The Morgan fingerprint density at radius 3 is 2.47 bits per heavy atom. The predicted molar refractivity (Wildman–Crippen MR) is 63.4 cm³/mol. The topological polar surface area (TPSA) is 69.7 Å². The minimum Gasteiger partial charge on any atom is -0.469 e. The molecule has 0 radical (unpaired) electrons. The number of carbonyl (C=O) groups excluding carboxylic acids is 1. The lowest BCUT2D eigenvalue weighted by molar-refractivity contribution is -0.141. The summed E-state index contributed by atoms with van der Waals surface area (Å²) in [5.74, 6) is -0.228. The minimum absolute atomic E-state index is 0.0315. The van der Waals surface area contributed by atoms with Gasteiger partial charge in [0.15, 0.2) is 9.84 Å². The molecule has 5 nitrogen and oxygen atoms in total. The summed E-state index contributed by atoms with van der Waals surface area (Å²) in [6.45, 7) is 2.57. The van der Waals surface area contributed by atoms with Crippen LogP contribution in [0.4, 0.5) is 0 Å². The Kier molecular flexibility index (Phi) is 4.94. The van der Waals surface area contributed by atoms with Crippen molar-refractivity contribution in [2.45, 2.75) is 26.2 Å². The van der Waals surface area contributed by atoms with Crippen molar-refractivity contribution in [3.63, 3.8) is 0 Å². The summed E-state index contributed by atoms with van der Waals surface area (Å²) >= 11 is 0. The van der Waals surface area contributed by atoms with Gasteiger partial charge in [-0.1, -0.05) is 0 Å². The molecule has 0 atom stereocenters. The van der Waals surface area contributed by atoms with E-state index >= 15 is 0 Å². The lowest BCUT2D eigenvalue weighted by Gasteiger charge is -2.13. The van der Waals surface area contributed by atoms with Gasteiger partial charge in [-0.25, -0.2) is 8.42 Å². The van der Waals surface area contributed by atoms with E-state index in [4.69, 9.17) is 4.74 Å². The fourth-order valence-electron chi connectivity index (χ4n) is 1.80. The number of esters is 1. The summed E-state index contributed by atoms with van der Waals surface area (Å²) in [6, 6.07) is 0. The molecule has 0 N–H and O–H groups in total. The standard InChI is InChI=1S/C11H20O5S/c1-3-16-6-7-17(13,14)9-11(4-5-11)8-10(12)15-2/h3-9H2,1-2H3. The quantitative estimate of drug-likeness (QED) is 0.478. The maximum Gasteiger partial charge on any atom is 0.306 e. The molecule has 100 valence electrons. The summed E-state index contributed by atoms with van der Waals surface area (Å²) in [5, 5.41) is 0. The van der Waals surface area contributed by atoms with E-state index in [0.717, 1.165) is 12.8 Å². The molecular formula is C11H20O5S. The van der Waals surface area contributed by atoms with E-state index in [1.807, 2.05) is 6.92 Å². The highest BCUT2D eigenvalue weighted by molar-refractivity contribution is 7.91. The van der Waals surface area contributed by atoms with Gasteiger partial charge in [0.1, 0.15) is 0 Å². The van der Waals surface area contributed by atoms with Crippen molar-refractivity contribution in [1.29, 1.82) is 0 Å². The van der Waals surface area contributed by atoms with E-state index in [1.54, 1.807) is 0 Å². The van der Waals surface area contributed by atoms with Crippen LogP contribution in [0.3, 0.4) is 0 Å². The number of carbonyl (C=O) groups is 1. The molecular weight excluding hydrogens is 244 g/mol. The highest BCUT2D eigenvalue weighted by Gasteiger charge is 2.47. The monoisotopic (exact) mass is 264 g/mol. The highest BCUT2D eigenvalue weighted by atomic mass is 32.2. The highest BCUT2D eigenvalue weighted by Crippen LogP contribution is 2.50. The Morgan fingerprint density at radius 2 is 2.00 bits per heavy atom. The van der Waals surface area contributed by atoms with Gasteiger partial charge < -0.3 is 9.47 Å². The van der Waals surface area contributed by atoms with E-state index in [2.05, 4.69) is 4.74 Å². The lowest BCUT2D eigenvalue weighted by Crippen LogP contribution is -2.24. The summed E-state index contributed by atoms with van der Waals surface area (Å²) < 4.78 is 33.2. The average Bonchev–Trinajstić information content (AvgIpc) is 2.96. The molecule has 17 heavy (non-hydrogen) atoms. The zero-order chi connectivity index (χ0) is 12.9. The first-order chi connectivity index (χ1) is 7.93. The van der Waals surface area contributed by atoms with Gasteiger partial charge in [0, 0.05) is 6.61 Å². The van der Waals surface area contributed by atoms with Gasteiger partial charge in [-0.2, -0.15) is 0 Å². The summed E-state index contributed by atoms with van der Waals surface area (Å²) in [5.41, 5.74) is -0.363. The molecule has 0 aromatic rings. The third kappa shape index (κ3) is 5.04. The van der Waals surface area contributed by atoms with Crippen molar-refractivity contribution in [2.75, 3.05) is 31.8 Å². The van der Waals surface area contributed by atoms with E-state index < -0.39 is 9.84 Å². The number of hydrogen-bond acceptors (Lipinski definition) is 5. The third-order valence-corrected chi connectivity index (χ3v) is 4.81. The van der Waals surface area contributed by atoms with Crippen LogP contribution >= 0.6 is 0 Å². The van der Waals surface area contributed by atoms with Gasteiger partial charge in [-0.15, -0.1) is 0 Å². The van der Waals surface area contributed by atoms with Gasteiger partial charge in [-0.05, 0) is 25.2 Å². The molecule has 0 spiro atoms. The molecule has 0 bridgehead atoms. The van der Waals surface area contributed by atoms with Crippen LogP contribution in [0.25, 0.3) is 0 Å². The van der Waals surface area contributed by atoms with Crippen LogP contribution in [0.2, 0.25) is 0 Å². The second-order valence-corrected chi connectivity index (χ2v) is 6.73. The van der Waals surface area contributed by atoms with Gasteiger partial charge in [0.05, 0.1) is 31.6 Å². The van der Waals surface area contributed by atoms with Crippen molar-refractivity contribution in [2.24, 2.45) is 5.41 Å².